The second-order valence-electron chi connectivity index (χ2n) is 6.30. The third-order valence-electron chi connectivity index (χ3n) is 3.67. The second kappa shape index (κ2) is 9.00. The number of aromatic nitrogens is 1. The van der Waals surface area contributed by atoms with Crippen LogP contribution in [0.2, 0.25) is 0 Å². The van der Waals surface area contributed by atoms with Gasteiger partial charge >= 0.3 is 12.0 Å². The number of hydrogen-bond acceptors (Lipinski definition) is 6. The van der Waals surface area contributed by atoms with Crippen molar-refractivity contribution in [2.75, 3.05) is 31.1 Å². The Labute approximate surface area is 146 Å². The molecule has 1 aromatic heterocycles. The van der Waals surface area contributed by atoms with Crippen LogP contribution in [0.25, 0.3) is 0 Å². The Morgan fingerprint density at radius 2 is 2.00 bits per heavy atom. The SMILES string of the molecule is CC(C)CNC(=O)NC(=O)COC(=O)c1cccnc1N1CCCC1. The average Bonchev–Trinajstić information content (AvgIpc) is 3.12. The van der Waals surface area contributed by atoms with Gasteiger partial charge in [-0.25, -0.2) is 14.6 Å². The highest BCUT2D eigenvalue weighted by Gasteiger charge is 2.22. The number of pyridine rings is 1. The highest BCUT2D eigenvalue weighted by molar-refractivity contribution is 5.98. The maximum absolute atomic E-state index is 12.3. The zero-order valence-electron chi connectivity index (χ0n) is 14.6. The molecule has 25 heavy (non-hydrogen) atoms. The van der Waals surface area contributed by atoms with Crippen molar-refractivity contribution in [1.82, 2.24) is 15.6 Å². The molecule has 0 saturated carbocycles. The van der Waals surface area contributed by atoms with Crippen LogP contribution in [0.15, 0.2) is 18.3 Å². The van der Waals surface area contributed by atoms with E-state index in [0.717, 1.165) is 25.9 Å². The zero-order valence-corrected chi connectivity index (χ0v) is 14.6. The Hall–Kier alpha value is -2.64. The molecule has 8 nitrogen and oxygen atoms in total. The lowest BCUT2D eigenvalue weighted by Gasteiger charge is -2.18. The molecule has 1 aliphatic heterocycles. The van der Waals surface area contributed by atoms with E-state index in [1.807, 2.05) is 18.7 Å². The molecular weight excluding hydrogens is 324 g/mol. The Morgan fingerprint density at radius 3 is 2.68 bits per heavy atom. The first-order valence-corrected chi connectivity index (χ1v) is 8.42. The minimum atomic E-state index is -0.679. The van der Waals surface area contributed by atoms with E-state index >= 15 is 0 Å². The average molecular weight is 348 g/mol. The van der Waals surface area contributed by atoms with E-state index in [-0.39, 0.29) is 5.92 Å². The molecule has 2 N–H and O–H groups in total. The molecule has 2 rings (SSSR count). The highest BCUT2D eigenvalue weighted by Crippen LogP contribution is 2.22. The van der Waals surface area contributed by atoms with Crippen molar-refractivity contribution in [3.05, 3.63) is 23.9 Å². The van der Waals surface area contributed by atoms with Gasteiger partial charge in [0.05, 0.1) is 0 Å². The highest BCUT2D eigenvalue weighted by atomic mass is 16.5. The molecule has 0 bridgehead atoms. The summed E-state index contributed by atoms with van der Waals surface area (Å²) in [5, 5.41) is 4.67. The molecule has 1 aromatic rings. The molecule has 0 atom stereocenters. The number of carbonyl (C=O) groups excluding carboxylic acids is 3. The van der Waals surface area contributed by atoms with Crippen LogP contribution in [-0.2, 0) is 9.53 Å². The molecule has 0 aromatic carbocycles. The van der Waals surface area contributed by atoms with Crippen LogP contribution in [0, 0.1) is 5.92 Å². The van der Waals surface area contributed by atoms with Gasteiger partial charge in [-0.1, -0.05) is 13.8 Å². The van der Waals surface area contributed by atoms with E-state index in [9.17, 15) is 14.4 Å². The van der Waals surface area contributed by atoms with Crippen LogP contribution in [0.1, 0.15) is 37.0 Å². The number of rotatable bonds is 6. The third kappa shape index (κ3) is 5.74. The number of hydrogen-bond donors (Lipinski definition) is 2. The van der Waals surface area contributed by atoms with E-state index < -0.39 is 24.5 Å². The predicted octanol–water partition coefficient (Wildman–Crippen LogP) is 1.32. The third-order valence-corrected chi connectivity index (χ3v) is 3.67. The Bertz CT molecular complexity index is 627. The van der Waals surface area contributed by atoms with E-state index in [4.69, 9.17) is 4.74 Å². The fourth-order valence-corrected chi connectivity index (χ4v) is 2.45. The zero-order chi connectivity index (χ0) is 18.2. The van der Waals surface area contributed by atoms with Crippen molar-refractivity contribution < 1.29 is 19.1 Å². The summed E-state index contributed by atoms with van der Waals surface area (Å²) < 4.78 is 5.02. The van der Waals surface area contributed by atoms with Crippen LogP contribution in [0.5, 0.6) is 0 Å². The quantitative estimate of drug-likeness (QED) is 0.752. The van der Waals surface area contributed by atoms with Crippen molar-refractivity contribution in [2.45, 2.75) is 26.7 Å². The van der Waals surface area contributed by atoms with Crippen LogP contribution < -0.4 is 15.5 Å². The second-order valence-corrected chi connectivity index (χ2v) is 6.30. The minimum absolute atomic E-state index is 0.272. The van der Waals surface area contributed by atoms with Crippen LogP contribution >= 0.6 is 0 Å². The summed E-state index contributed by atoms with van der Waals surface area (Å²) in [6, 6.07) is 2.67. The van der Waals surface area contributed by atoms with Gasteiger partial charge in [0.25, 0.3) is 5.91 Å². The van der Waals surface area contributed by atoms with Crippen LogP contribution in [0.3, 0.4) is 0 Å². The molecule has 0 spiro atoms. The summed E-state index contributed by atoms with van der Waals surface area (Å²) >= 11 is 0. The molecule has 0 aliphatic carbocycles. The Kier molecular flexibility index (Phi) is 6.73. The number of carbonyl (C=O) groups is 3. The van der Waals surface area contributed by atoms with Crippen LogP contribution in [-0.4, -0.2) is 49.1 Å². The summed E-state index contributed by atoms with van der Waals surface area (Å²) in [5.74, 6) is -0.470. The van der Waals surface area contributed by atoms with E-state index in [1.165, 1.54) is 0 Å². The number of urea groups is 1. The molecule has 0 radical (unpaired) electrons. The Balaban J connectivity index is 1.86. The summed E-state index contributed by atoms with van der Waals surface area (Å²) in [4.78, 5) is 41.7. The number of nitrogens with zero attached hydrogens (tertiary/aromatic N) is 2. The molecule has 1 aliphatic rings. The van der Waals surface area contributed by atoms with Gasteiger partial charge in [-0.15, -0.1) is 0 Å². The topological polar surface area (TPSA) is 101 Å². The van der Waals surface area contributed by atoms with Crippen molar-refractivity contribution >= 4 is 23.7 Å². The largest absolute Gasteiger partial charge is 0.452 e. The fourth-order valence-electron chi connectivity index (χ4n) is 2.45. The number of nitrogens with one attached hydrogen (secondary N) is 2. The van der Waals surface area contributed by atoms with Gasteiger partial charge in [0.1, 0.15) is 11.4 Å². The maximum atomic E-state index is 12.3. The molecule has 136 valence electrons. The van der Waals surface area contributed by atoms with Crippen molar-refractivity contribution in [1.29, 1.82) is 0 Å². The number of esters is 1. The first kappa shape index (κ1) is 18.7. The summed E-state index contributed by atoms with van der Waals surface area (Å²) in [6.07, 6.45) is 3.73. The van der Waals surface area contributed by atoms with Gasteiger partial charge in [-0.05, 0) is 30.9 Å². The molecule has 2 heterocycles. The van der Waals surface area contributed by atoms with Gasteiger partial charge in [0.15, 0.2) is 6.61 Å². The lowest BCUT2D eigenvalue weighted by molar-refractivity contribution is -0.123. The van der Waals surface area contributed by atoms with Gasteiger partial charge < -0.3 is 15.0 Å². The first-order chi connectivity index (χ1) is 12.0. The summed E-state index contributed by atoms with van der Waals surface area (Å²) in [6.45, 7) is 5.49. The molecule has 1 fully saturated rings. The van der Waals surface area contributed by atoms with Gasteiger partial charge in [0.2, 0.25) is 0 Å². The van der Waals surface area contributed by atoms with Crippen LogP contribution in [0.4, 0.5) is 10.6 Å². The molecule has 3 amide bonds. The molecule has 0 unspecified atom stereocenters. The lowest BCUT2D eigenvalue weighted by atomic mass is 10.2. The van der Waals surface area contributed by atoms with Crippen molar-refractivity contribution in [2.24, 2.45) is 5.92 Å². The lowest BCUT2D eigenvalue weighted by Crippen LogP contribution is -2.42. The number of ether oxygens (including phenoxy) is 1. The smallest absolute Gasteiger partial charge is 0.342 e. The van der Waals surface area contributed by atoms with E-state index in [1.54, 1.807) is 18.3 Å². The summed E-state index contributed by atoms with van der Waals surface area (Å²) in [5.41, 5.74) is 0.321. The van der Waals surface area contributed by atoms with Gasteiger partial charge in [-0.2, -0.15) is 0 Å². The normalized spacial score (nSPS) is 13.6. The molecule has 1 saturated heterocycles. The van der Waals surface area contributed by atoms with Gasteiger partial charge in [0, 0.05) is 25.8 Å². The van der Waals surface area contributed by atoms with Gasteiger partial charge in [-0.3, -0.25) is 10.1 Å². The Morgan fingerprint density at radius 1 is 1.28 bits per heavy atom. The number of anilines is 1. The standard InChI is InChI=1S/C17H24N4O4/c1-12(2)10-19-17(24)20-14(22)11-25-16(23)13-6-5-7-18-15(13)21-8-3-4-9-21/h5-7,12H,3-4,8-11H2,1-2H3,(H2,19,20,22,24). The number of imide groups is 1. The van der Waals surface area contributed by atoms with Crippen molar-refractivity contribution in [3.63, 3.8) is 0 Å². The fraction of sp³-hybridized carbons (Fsp3) is 0.529. The molecular formula is C17H24N4O4. The number of amides is 3. The van der Waals surface area contributed by atoms with E-state index in [2.05, 4.69) is 15.6 Å². The van der Waals surface area contributed by atoms with E-state index in [0.29, 0.717) is 17.9 Å². The first-order valence-electron chi connectivity index (χ1n) is 8.42. The monoisotopic (exact) mass is 348 g/mol. The predicted molar refractivity (Wildman–Crippen MR) is 92.3 cm³/mol. The maximum Gasteiger partial charge on any atom is 0.342 e. The molecule has 8 heteroatoms. The summed E-state index contributed by atoms with van der Waals surface area (Å²) in [7, 11) is 0. The van der Waals surface area contributed by atoms with Crippen molar-refractivity contribution in [3.8, 4) is 0 Å². The minimum Gasteiger partial charge on any atom is -0.452 e.